The zero-order valence-electron chi connectivity index (χ0n) is 16.4. The fraction of sp³-hybridized carbons (Fsp3) is 0.273. The lowest BCUT2D eigenvalue weighted by Crippen LogP contribution is -2.10. The second-order valence-corrected chi connectivity index (χ2v) is 7.68. The van der Waals surface area contributed by atoms with Crippen LogP contribution in [0.25, 0.3) is 22.5 Å². The van der Waals surface area contributed by atoms with Crippen molar-refractivity contribution in [1.29, 1.82) is 0 Å². The number of aliphatic carboxylic acids is 1. The average molecular weight is 417 g/mol. The van der Waals surface area contributed by atoms with Crippen molar-refractivity contribution in [3.8, 4) is 28.3 Å². The van der Waals surface area contributed by atoms with E-state index in [0.29, 0.717) is 34.5 Å². The molecule has 0 atom stereocenters. The fourth-order valence-corrected chi connectivity index (χ4v) is 3.16. The molecule has 0 aliphatic rings. The monoisotopic (exact) mass is 416 g/mol. The number of rotatable bonds is 7. The van der Waals surface area contributed by atoms with E-state index < -0.39 is 12.6 Å². The molecule has 29 heavy (non-hydrogen) atoms. The van der Waals surface area contributed by atoms with Gasteiger partial charge < -0.3 is 9.84 Å². The normalized spacial score (nSPS) is 11.1. The van der Waals surface area contributed by atoms with Gasteiger partial charge in [0, 0.05) is 22.7 Å². The molecule has 0 unspecified atom stereocenters. The lowest BCUT2D eigenvalue weighted by Gasteiger charge is -2.11. The van der Waals surface area contributed by atoms with E-state index in [4.69, 9.17) is 26.5 Å². The zero-order chi connectivity index (χ0) is 21.1. The van der Waals surface area contributed by atoms with E-state index >= 15 is 0 Å². The third kappa shape index (κ3) is 4.95. The minimum Gasteiger partial charge on any atom is -0.481 e. The Bertz CT molecular complexity index is 1030. The Hall–Kier alpha value is -2.86. The Morgan fingerprint density at radius 2 is 1.93 bits per heavy atom. The smallest absolute Gasteiger partial charge is 0.341 e. The first-order valence-corrected chi connectivity index (χ1v) is 9.61. The molecule has 0 fully saturated rings. The molecule has 5 nitrogen and oxygen atoms in total. The molecule has 0 saturated carbocycles. The largest absolute Gasteiger partial charge is 0.481 e. The third-order valence-electron chi connectivity index (χ3n) is 4.35. The van der Waals surface area contributed by atoms with Crippen LogP contribution in [0.3, 0.4) is 0 Å². The molecule has 0 spiro atoms. The highest BCUT2D eigenvalue weighted by Gasteiger charge is 2.18. The van der Waals surface area contributed by atoms with Crippen molar-refractivity contribution >= 4 is 17.6 Å². The first kappa shape index (κ1) is 20.9. The molecule has 1 aromatic heterocycles. The number of hydrogen-bond acceptors (Lipinski definition) is 3. The predicted octanol–water partition coefficient (Wildman–Crippen LogP) is 5.44. The maximum Gasteiger partial charge on any atom is 0.341 e. The summed E-state index contributed by atoms with van der Waals surface area (Å²) in [6.45, 7) is 6.18. The van der Waals surface area contributed by atoms with Gasteiger partial charge in [-0.1, -0.05) is 25.4 Å². The minimum absolute atomic E-state index is 0.307. The average Bonchev–Trinajstić information content (AvgIpc) is 3.05. The molecule has 0 aliphatic heterocycles. The first-order valence-electron chi connectivity index (χ1n) is 9.23. The van der Waals surface area contributed by atoms with Crippen molar-refractivity contribution in [1.82, 2.24) is 9.78 Å². The SMILES string of the molecule is Cc1cc(OCC(=O)O)c(-c2cc(-c3ccc(F)cc3)n(CC(C)C)n2)cc1Cl. The van der Waals surface area contributed by atoms with Crippen molar-refractivity contribution in [2.45, 2.75) is 27.3 Å². The van der Waals surface area contributed by atoms with Crippen molar-refractivity contribution in [2.24, 2.45) is 5.92 Å². The Morgan fingerprint density at radius 3 is 2.55 bits per heavy atom. The number of nitrogens with zero attached hydrogens (tertiary/aromatic N) is 2. The number of ether oxygens (including phenoxy) is 1. The second kappa shape index (κ2) is 8.66. The number of benzene rings is 2. The molecular weight excluding hydrogens is 395 g/mol. The quantitative estimate of drug-likeness (QED) is 0.557. The summed E-state index contributed by atoms with van der Waals surface area (Å²) in [5, 5.41) is 14.2. The number of hydrogen-bond donors (Lipinski definition) is 1. The number of carboxylic acid groups (broad SMARTS) is 1. The highest BCUT2D eigenvalue weighted by Crippen LogP contribution is 2.36. The Labute approximate surface area is 173 Å². The van der Waals surface area contributed by atoms with Gasteiger partial charge in [0.1, 0.15) is 11.6 Å². The van der Waals surface area contributed by atoms with Crippen molar-refractivity contribution in [2.75, 3.05) is 6.61 Å². The van der Waals surface area contributed by atoms with Gasteiger partial charge in [0.25, 0.3) is 0 Å². The molecule has 0 amide bonds. The van der Waals surface area contributed by atoms with Gasteiger partial charge in [0.2, 0.25) is 0 Å². The van der Waals surface area contributed by atoms with Crippen LogP contribution in [0.4, 0.5) is 4.39 Å². The minimum atomic E-state index is -1.07. The van der Waals surface area contributed by atoms with Crippen LogP contribution in [0.15, 0.2) is 42.5 Å². The van der Waals surface area contributed by atoms with Gasteiger partial charge in [-0.2, -0.15) is 5.10 Å². The van der Waals surface area contributed by atoms with Crippen LogP contribution >= 0.6 is 11.6 Å². The van der Waals surface area contributed by atoms with Crippen LogP contribution in [0.5, 0.6) is 5.75 Å². The first-order chi connectivity index (χ1) is 13.7. The molecule has 0 radical (unpaired) electrons. The molecule has 1 N–H and O–H groups in total. The van der Waals surface area contributed by atoms with Gasteiger partial charge >= 0.3 is 5.97 Å². The lowest BCUT2D eigenvalue weighted by atomic mass is 10.1. The molecule has 2 aromatic carbocycles. The van der Waals surface area contributed by atoms with Crippen molar-refractivity contribution < 1.29 is 19.0 Å². The third-order valence-corrected chi connectivity index (χ3v) is 4.75. The Balaban J connectivity index is 2.12. The van der Waals surface area contributed by atoms with Crippen LogP contribution < -0.4 is 4.74 Å². The summed E-state index contributed by atoms with van der Waals surface area (Å²) in [6, 6.07) is 11.5. The number of carbonyl (C=O) groups is 1. The van der Waals surface area contributed by atoms with E-state index in [0.717, 1.165) is 16.8 Å². The molecule has 3 rings (SSSR count). The molecule has 0 aliphatic carbocycles. The molecule has 152 valence electrons. The van der Waals surface area contributed by atoms with E-state index in [1.807, 2.05) is 17.7 Å². The van der Waals surface area contributed by atoms with Crippen molar-refractivity contribution in [3.63, 3.8) is 0 Å². The predicted molar refractivity (Wildman–Crippen MR) is 111 cm³/mol. The van der Waals surface area contributed by atoms with E-state index in [1.165, 1.54) is 12.1 Å². The summed E-state index contributed by atoms with van der Waals surface area (Å²) < 4.78 is 20.7. The van der Waals surface area contributed by atoms with Gasteiger partial charge in [0.15, 0.2) is 6.61 Å². The van der Waals surface area contributed by atoms with Crippen LogP contribution in [-0.4, -0.2) is 27.5 Å². The van der Waals surface area contributed by atoms with Crippen LogP contribution in [-0.2, 0) is 11.3 Å². The topological polar surface area (TPSA) is 64.3 Å². The number of aryl methyl sites for hydroxylation is 1. The number of carboxylic acids is 1. The fourth-order valence-electron chi connectivity index (χ4n) is 3.00. The van der Waals surface area contributed by atoms with Crippen LogP contribution in [0.2, 0.25) is 5.02 Å². The Kier molecular flexibility index (Phi) is 6.23. The van der Waals surface area contributed by atoms with Gasteiger partial charge in [-0.15, -0.1) is 0 Å². The summed E-state index contributed by atoms with van der Waals surface area (Å²) in [7, 11) is 0. The standard InChI is InChI=1S/C22H22ClFN2O3/c1-13(2)11-26-20(15-4-6-16(24)7-5-15)10-19(25-26)17-9-18(23)14(3)8-21(17)29-12-22(27)28/h4-10,13H,11-12H2,1-3H3,(H,27,28). The summed E-state index contributed by atoms with van der Waals surface area (Å²) in [5.74, 6) is -0.639. The van der Waals surface area contributed by atoms with E-state index in [-0.39, 0.29) is 5.82 Å². The van der Waals surface area contributed by atoms with Crippen LogP contribution in [0.1, 0.15) is 19.4 Å². The van der Waals surface area contributed by atoms with Crippen LogP contribution in [0, 0.1) is 18.7 Å². The van der Waals surface area contributed by atoms with Gasteiger partial charge in [-0.05, 0) is 60.9 Å². The van der Waals surface area contributed by atoms with Gasteiger partial charge in [-0.25, -0.2) is 9.18 Å². The molecule has 0 bridgehead atoms. The number of halogens is 2. The van der Waals surface area contributed by atoms with Crippen molar-refractivity contribution in [3.05, 3.63) is 58.9 Å². The zero-order valence-corrected chi connectivity index (χ0v) is 17.2. The Morgan fingerprint density at radius 1 is 1.24 bits per heavy atom. The lowest BCUT2D eigenvalue weighted by molar-refractivity contribution is -0.139. The number of aromatic nitrogens is 2. The highest BCUT2D eigenvalue weighted by atomic mass is 35.5. The molecule has 7 heteroatoms. The highest BCUT2D eigenvalue weighted by molar-refractivity contribution is 6.31. The van der Waals surface area contributed by atoms with E-state index in [1.54, 1.807) is 24.3 Å². The summed E-state index contributed by atoms with van der Waals surface area (Å²) >= 11 is 6.32. The summed E-state index contributed by atoms with van der Waals surface area (Å²) in [5.41, 5.74) is 3.64. The van der Waals surface area contributed by atoms with E-state index in [9.17, 15) is 9.18 Å². The summed E-state index contributed by atoms with van der Waals surface area (Å²) in [4.78, 5) is 11.0. The summed E-state index contributed by atoms with van der Waals surface area (Å²) in [6.07, 6.45) is 0. The molecule has 3 aromatic rings. The second-order valence-electron chi connectivity index (χ2n) is 7.28. The maximum atomic E-state index is 13.4. The van der Waals surface area contributed by atoms with Gasteiger partial charge in [-0.3, -0.25) is 4.68 Å². The molecule has 0 saturated heterocycles. The maximum absolute atomic E-state index is 13.4. The molecule has 1 heterocycles. The van der Waals surface area contributed by atoms with Gasteiger partial charge in [0.05, 0.1) is 11.4 Å². The van der Waals surface area contributed by atoms with E-state index in [2.05, 4.69) is 13.8 Å². The molecular formula is C22H22ClFN2O3.